The van der Waals surface area contributed by atoms with Gasteiger partial charge < -0.3 is 19.8 Å². The van der Waals surface area contributed by atoms with Crippen LogP contribution in [0, 0.1) is 0 Å². The van der Waals surface area contributed by atoms with Crippen LogP contribution in [0.4, 0.5) is 0 Å². The standard InChI is InChI=1S/C15H18BrN3O2/c1-20-14-5-10(6-17)4-13(16)15(14)21-8-12-7-18-9-19(12)11-2-3-11/h4-5,7,9,11H,2-3,6,8,17H2,1H3. The van der Waals surface area contributed by atoms with E-state index in [4.69, 9.17) is 15.2 Å². The van der Waals surface area contributed by atoms with Gasteiger partial charge in [-0.05, 0) is 46.5 Å². The van der Waals surface area contributed by atoms with Crippen molar-refractivity contribution in [3.05, 3.63) is 40.4 Å². The Labute approximate surface area is 132 Å². The molecule has 1 aromatic carbocycles. The van der Waals surface area contributed by atoms with Gasteiger partial charge in [-0.1, -0.05) is 0 Å². The van der Waals surface area contributed by atoms with Gasteiger partial charge in [-0.15, -0.1) is 0 Å². The number of methoxy groups -OCH3 is 1. The molecule has 3 rings (SSSR count). The van der Waals surface area contributed by atoms with Crippen molar-refractivity contribution in [3.8, 4) is 11.5 Å². The van der Waals surface area contributed by atoms with Gasteiger partial charge in [0, 0.05) is 12.6 Å². The molecular weight excluding hydrogens is 334 g/mol. The van der Waals surface area contributed by atoms with Crippen molar-refractivity contribution < 1.29 is 9.47 Å². The zero-order valence-corrected chi connectivity index (χ0v) is 13.5. The highest BCUT2D eigenvalue weighted by Crippen LogP contribution is 2.38. The molecule has 0 amide bonds. The minimum atomic E-state index is 0.462. The fourth-order valence-electron chi connectivity index (χ4n) is 2.30. The van der Waals surface area contributed by atoms with E-state index in [-0.39, 0.29) is 0 Å². The normalized spacial score (nSPS) is 14.2. The molecule has 5 nitrogen and oxygen atoms in total. The van der Waals surface area contributed by atoms with E-state index in [9.17, 15) is 0 Å². The quantitative estimate of drug-likeness (QED) is 0.868. The molecule has 1 saturated carbocycles. The smallest absolute Gasteiger partial charge is 0.175 e. The maximum atomic E-state index is 5.95. The number of benzene rings is 1. The van der Waals surface area contributed by atoms with Gasteiger partial charge in [-0.25, -0.2) is 4.98 Å². The van der Waals surface area contributed by atoms with E-state index >= 15 is 0 Å². The van der Waals surface area contributed by atoms with E-state index in [1.165, 1.54) is 12.8 Å². The van der Waals surface area contributed by atoms with Gasteiger partial charge in [0.1, 0.15) is 6.61 Å². The molecule has 2 N–H and O–H groups in total. The molecule has 0 atom stereocenters. The number of halogens is 1. The predicted octanol–water partition coefficient (Wildman–Crippen LogP) is 3.03. The molecule has 0 unspecified atom stereocenters. The number of imidazole rings is 1. The Hall–Kier alpha value is -1.53. The Kier molecular flexibility index (Phi) is 4.17. The van der Waals surface area contributed by atoms with E-state index in [0.717, 1.165) is 15.7 Å². The number of rotatable bonds is 6. The minimum Gasteiger partial charge on any atom is -0.493 e. The third-order valence-corrected chi connectivity index (χ3v) is 4.16. The van der Waals surface area contributed by atoms with Gasteiger partial charge in [0.05, 0.1) is 29.8 Å². The summed E-state index contributed by atoms with van der Waals surface area (Å²) < 4.78 is 14.4. The van der Waals surface area contributed by atoms with E-state index in [1.54, 1.807) is 7.11 Å². The van der Waals surface area contributed by atoms with Crippen molar-refractivity contribution in [2.75, 3.05) is 7.11 Å². The van der Waals surface area contributed by atoms with Crippen LogP contribution < -0.4 is 15.2 Å². The number of nitrogens with zero attached hydrogens (tertiary/aromatic N) is 2. The van der Waals surface area contributed by atoms with E-state index in [0.29, 0.717) is 30.7 Å². The van der Waals surface area contributed by atoms with E-state index < -0.39 is 0 Å². The molecule has 0 bridgehead atoms. The predicted molar refractivity (Wildman–Crippen MR) is 83.4 cm³/mol. The zero-order chi connectivity index (χ0) is 14.8. The average molecular weight is 352 g/mol. The molecule has 112 valence electrons. The van der Waals surface area contributed by atoms with Crippen LogP contribution in [0.5, 0.6) is 11.5 Å². The summed E-state index contributed by atoms with van der Waals surface area (Å²) in [6.07, 6.45) is 6.18. The van der Waals surface area contributed by atoms with Gasteiger partial charge in [0.15, 0.2) is 11.5 Å². The first-order valence-electron chi connectivity index (χ1n) is 6.93. The summed E-state index contributed by atoms with van der Waals surface area (Å²) in [5, 5.41) is 0. The first-order chi connectivity index (χ1) is 10.2. The molecule has 0 aliphatic heterocycles. The molecular formula is C15H18BrN3O2. The van der Waals surface area contributed by atoms with Gasteiger partial charge >= 0.3 is 0 Å². The van der Waals surface area contributed by atoms with Crippen molar-refractivity contribution in [1.82, 2.24) is 9.55 Å². The summed E-state index contributed by atoms with van der Waals surface area (Å²) in [5.41, 5.74) is 7.75. The summed E-state index contributed by atoms with van der Waals surface area (Å²) >= 11 is 3.52. The Balaban J connectivity index is 1.79. The van der Waals surface area contributed by atoms with Crippen molar-refractivity contribution in [2.24, 2.45) is 5.73 Å². The molecule has 1 heterocycles. The molecule has 1 aliphatic rings. The maximum absolute atomic E-state index is 5.95. The Morgan fingerprint density at radius 1 is 1.43 bits per heavy atom. The summed E-state index contributed by atoms with van der Waals surface area (Å²) in [7, 11) is 1.63. The van der Waals surface area contributed by atoms with Gasteiger partial charge in [0.25, 0.3) is 0 Å². The Bertz CT molecular complexity index is 638. The van der Waals surface area contributed by atoms with Gasteiger partial charge in [-0.3, -0.25) is 0 Å². The van der Waals surface area contributed by atoms with Crippen LogP contribution in [0.2, 0.25) is 0 Å². The highest BCUT2D eigenvalue weighted by molar-refractivity contribution is 9.10. The summed E-state index contributed by atoms with van der Waals surface area (Å²) in [5.74, 6) is 1.38. The summed E-state index contributed by atoms with van der Waals surface area (Å²) in [6.45, 7) is 0.928. The molecule has 1 aliphatic carbocycles. The van der Waals surface area contributed by atoms with Crippen molar-refractivity contribution >= 4 is 15.9 Å². The third kappa shape index (κ3) is 3.06. The monoisotopic (exact) mass is 351 g/mol. The first-order valence-corrected chi connectivity index (χ1v) is 7.72. The van der Waals surface area contributed by atoms with Gasteiger partial charge in [-0.2, -0.15) is 0 Å². The topological polar surface area (TPSA) is 62.3 Å². The third-order valence-electron chi connectivity index (χ3n) is 3.58. The average Bonchev–Trinajstić information content (AvgIpc) is 3.24. The van der Waals surface area contributed by atoms with Crippen LogP contribution >= 0.6 is 15.9 Å². The lowest BCUT2D eigenvalue weighted by atomic mass is 10.2. The number of nitrogens with two attached hydrogens (primary N) is 1. The number of aromatic nitrogens is 2. The van der Waals surface area contributed by atoms with Gasteiger partial charge in [0.2, 0.25) is 0 Å². The highest BCUT2D eigenvalue weighted by atomic mass is 79.9. The molecule has 1 aromatic heterocycles. The lowest BCUT2D eigenvalue weighted by molar-refractivity contribution is 0.273. The molecule has 21 heavy (non-hydrogen) atoms. The van der Waals surface area contributed by atoms with Crippen LogP contribution in [0.3, 0.4) is 0 Å². The van der Waals surface area contributed by atoms with E-state index in [1.807, 2.05) is 24.7 Å². The SMILES string of the molecule is COc1cc(CN)cc(Br)c1OCc1cncn1C1CC1. The molecule has 0 spiro atoms. The molecule has 0 saturated heterocycles. The Morgan fingerprint density at radius 2 is 2.24 bits per heavy atom. The van der Waals surface area contributed by atoms with Crippen LogP contribution in [0.1, 0.15) is 30.1 Å². The number of ether oxygens (including phenoxy) is 2. The van der Waals surface area contributed by atoms with Crippen molar-refractivity contribution in [3.63, 3.8) is 0 Å². The van der Waals surface area contributed by atoms with Crippen molar-refractivity contribution in [2.45, 2.75) is 32.0 Å². The maximum Gasteiger partial charge on any atom is 0.175 e. The second kappa shape index (κ2) is 6.07. The summed E-state index contributed by atoms with van der Waals surface area (Å²) in [4.78, 5) is 4.21. The second-order valence-corrected chi connectivity index (χ2v) is 5.98. The van der Waals surface area contributed by atoms with Crippen molar-refractivity contribution in [1.29, 1.82) is 0 Å². The highest BCUT2D eigenvalue weighted by Gasteiger charge is 2.25. The molecule has 1 fully saturated rings. The molecule has 6 heteroatoms. The largest absolute Gasteiger partial charge is 0.493 e. The minimum absolute atomic E-state index is 0.462. The van der Waals surface area contributed by atoms with Crippen LogP contribution in [0.15, 0.2) is 29.1 Å². The number of hydrogen-bond donors (Lipinski definition) is 1. The zero-order valence-electron chi connectivity index (χ0n) is 11.9. The molecule has 2 aromatic rings. The van der Waals surface area contributed by atoms with E-state index in [2.05, 4.69) is 25.5 Å². The molecule has 0 radical (unpaired) electrons. The fourth-order valence-corrected chi connectivity index (χ4v) is 2.91. The second-order valence-electron chi connectivity index (χ2n) is 5.13. The first kappa shape index (κ1) is 14.4. The lowest BCUT2D eigenvalue weighted by Crippen LogP contribution is -2.05. The van der Waals surface area contributed by atoms with Crippen LogP contribution in [-0.2, 0) is 13.2 Å². The number of hydrogen-bond acceptors (Lipinski definition) is 4. The summed E-state index contributed by atoms with van der Waals surface area (Å²) in [6, 6.07) is 4.45. The van der Waals surface area contributed by atoms with Crippen LogP contribution in [0.25, 0.3) is 0 Å². The Morgan fingerprint density at radius 3 is 2.90 bits per heavy atom. The lowest BCUT2D eigenvalue weighted by Gasteiger charge is -2.14. The fraction of sp³-hybridized carbons (Fsp3) is 0.400. The van der Waals surface area contributed by atoms with Crippen LogP contribution in [-0.4, -0.2) is 16.7 Å².